The average molecular weight is 281 g/mol. The molecule has 0 amide bonds. The zero-order valence-electron chi connectivity index (χ0n) is 10.1. The zero-order chi connectivity index (χ0) is 14.0. The molecule has 0 radical (unpaired) electrons. The minimum Gasteiger partial charge on any atom is -0.396 e. The van der Waals surface area contributed by atoms with E-state index in [1.165, 1.54) is 18.2 Å². The molecule has 0 saturated carbocycles. The standard InChI is InChI=1S/C12H12FN3O2S/c1-8-3-2-4-12(15-8)16-19(17,18)9-5-6-11(14)10(13)7-9/h2-7H,14H2,1H3,(H,15,16). The maximum absolute atomic E-state index is 13.3. The van der Waals surface area contributed by atoms with E-state index in [9.17, 15) is 12.8 Å². The molecule has 1 aromatic carbocycles. The molecule has 2 rings (SSSR count). The van der Waals surface area contributed by atoms with Gasteiger partial charge in [-0.05, 0) is 37.3 Å². The highest BCUT2D eigenvalue weighted by Gasteiger charge is 2.16. The van der Waals surface area contributed by atoms with Crippen molar-refractivity contribution in [2.75, 3.05) is 10.5 Å². The molecule has 7 heteroatoms. The Morgan fingerprint density at radius 3 is 2.63 bits per heavy atom. The number of aromatic nitrogens is 1. The van der Waals surface area contributed by atoms with Gasteiger partial charge in [-0.2, -0.15) is 0 Å². The van der Waals surface area contributed by atoms with Crippen molar-refractivity contribution < 1.29 is 12.8 Å². The maximum atomic E-state index is 13.3. The third-order valence-electron chi connectivity index (χ3n) is 2.41. The van der Waals surface area contributed by atoms with Crippen LogP contribution in [0, 0.1) is 12.7 Å². The number of aryl methyl sites for hydroxylation is 1. The van der Waals surface area contributed by atoms with E-state index in [1.54, 1.807) is 19.1 Å². The van der Waals surface area contributed by atoms with Gasteiger partial charge >= 0.3 is 0 Å². The number of nitrogen functional groups attached to an aromatic ring is 1. The van der Waals surface area contributed by atoms with Crippen LogP contribution in [-0.4, -0.2) is 13.4 Å². The van der Waals surface area contributed by atoms with Crippen LogP contribution in [-0.2, 0) is 10.0 Å². The Hall–Kier alpha value is -2.15. The summed E-state index contributed by atoms with van der Waals surface area (Å²) in [5, 5.41) is 0. The molecular weight excluding hydrogens is 269 g/mol. The van der Waals surface area contributed by atoms with Crippen molar-refractivity contribution in [3.8, 4) is 0 Å². The summed E-state index contributed by atoms with van der Waals surface area (Å²) in [7, 11) is -3.88. The highest BCUT2D eigenvalue weighted by Crippen LogP contribution is 2.18. The van der Waals surface area contributed by atoms with E-state index in [-0.39, 0.29) is 16.4 Å². The highest BCUT2D eigenvalue weighted by molar-refractivity contribution is 7.92. The zero-order valence-corrected chi connectivity index (χ0v) is 10.9. The van der Waals surface area contributed by atoms with Crippen LogP contribution in [0.3, 0.4) is 0 Å². The molecular formula is C12H12FN3O2S. The molecule has 3 N–H and O–H groups in total. The first-order chi connectivity index (χ1) is 8.88. The maximum Gasteiger partial charge on any atom is 0.263 e. The minimum absolute atomic E-state index is 0.104. The number of nitrogens with one attached hydrogen (secondary N) is 1. The van der Waals surface area contributed by atoms with E-state index >= 15 is 0 Å². The fraction of sp³-hybridized carbons (Fsp3) is 0.0833. The molecule has 0 bridgehead atoms. The molecule has 2 aromatic rings. The Morgan fingerprint density at radius 2 is 2.00 bits per heavy atom. The van der Waals surface area contributed by atoms with Gasteiger partial charge in [-0.3, -0.25) is 4.72 Å². The summed E-state index contributed by atoms with van der Waals surface area (Å²) in [6.07, 6.45) is 0. The second kappa shape index (κ2) is 4.85. The van der Waals surface area contributed by atoms with Gasteiger partial charge < -0.3 is 5.73 Å². The summed E-state index contributed by atoms with van der Waals surface area (Å²) in [6.45, 7) is 1.74. The van der Waals surface area contributed by atoms with Gasteiger partial charge in [0, 0.05) is 5.69 Å². The van der Waals surface area contributed by atoms with Crippen molar-refractivity contribution in [1.82, 2.24) is 4.98 Å². The number of nitrogens with two attached hydrogens (primary N) is 1. The molecule has 1 aromatic heterocycles. The predicted molar refractivity (Wildman–Crippen MR) is 70.6 cm³/mol. The summed E-state index contributed by atoms with van der Waals surface area (Å²) < 4.78 is 39.6. The lowest BCUT2D eigenvalue weighted by Gasteiger charge is -2.08. The van der Waals surface area contributed by atoms with Crippen LogP contribution in [0.4, 0.5) is 15.9 Å². The van der Waals surface area contributed by atoms with Gasteiger partial charge in [0.05, 0.1) is 10.6 Å². The Bertz CT molecular complexity index is 717. The van der Waals surface area contributed by atoms with E-state index < -0.39 is 15.8 Å². The van der Waals surface area contributed by atoms with Crippen molar-refractivity contribution >= 4 is 21.5 Å². The number of sulfonamides is 1. The monoisotopic (exact) mass is 281 g/mol. The quantitative estimate of drug-likeness (QED) is 0.842. The van der Waals surface area contributed by atoms with Gasteiger partial charge in [-0.25, -0.2) is 17.8 Å². The Morgan fingerprint density at radius 1 is 1.26 bits per heavy atom. The van der Waals surface area contributed by atoms with Crippen molar-refractivity contribution in [1.29, 1.82) is 0 Å². The molecule has 0 aliphatic heterocycles. The SMILES string of the molecule is Cc1cccc(NS(=O)(=O)c2ccc(N)c(F)c2)n1. The predicted octanol–water partition coefficient (Wildman–Crippen LogP) is 1.91. The number of pyridine rings is 1. The first-order valence-corrected chi connectivity index (χ1v) is 6.88. The topological polar surface area (TPSA) is 85.1 Å². The molecule has 0 fully saturated rings. The Kier molecular flexibility index (Phi) is 3.39. The molecule has 5 nitrogen and oxygen atoms in total. The Balaban J connectivity index is 2.35. The van der Waals surface area contributed by atoms with Crippen LogP contribution in [0.1, 0.15) is 5.69 Å². The van der Waals surface area contributed by atoms with Gasteiger partial charge in [0.15, 0.2) is 0 Å². The number of halogens is 1. The van der Waals surface area contributed by atoms with Crippen molar-refractivity contribution in [3.63, 3.8) is 0 Å². The summed E-state index contributed by atoms with van der Waals surface area (Å²) in [5.41, 5.74) is 5.87. The molecule has 0 atom stereocenters. The molecule has 0 unspecified atom stereocenters. The van der Waals surface area contributed by atoms with Gasteiger partial charge in [0.25, 0.3) is 10.0 Å². The summed E-state index contributed by atoms with van der Waals surface area (Å²) in [5.74, 6) is -0.600. The molecule has 0 saturated heterocycles. The van der Waals surface area contributed by atoms with Crippen LogP contribution >= 0.6 is 0 Å². The Labute approximate surface area is 110 Å². The summed E-state index contributed by atoms with van der Waals surface area (Å²) in [4.78, 5) is 3.81. The minimum atomic E-state index is -3.88. The third kappa shape index (κ3) is 3.00. The number of anilines is 2. The first-order valence-electron chi connectivity index (χ1n) is 5.40. The van der Waals surface area contributed by atoms with E-state index in [4.69, 9.17) is 5.73 Å². The molecule has 100 valence electrons. The van der Waals surface area contributed by atoms with Crippen LogP contribution in [0.5, 0.6) is 0 Å². The van der Waals surface area contributed by atoms with Gasteiger partial charge in [-0.1, -0.05) is 6.07 Å². The number of nitrogens with zero attached hydrogens (tertiary/aromatic N) is 1. The lowest BCUT2D eigenvalue weighted by molar-refractivity contribution is 0.596. The average Bonchev–Trinajstić information content (AvgIpc) is 2.32. The largest absolute Gasteiger partial charge is 0.396 e. The lowest BCUT2D eigenvalue weighted by Crippen LogP contribution is -2.14. The number of hydrogen-bond donors (Lipinski definition) is 2. The summed E-state index contributed by atoms with van der Waals surface area (Å²) in [6, 6.07) is 8.22. The number of rotatable bonds is 3. The fourth-order valence-electron chi connectivity index (χ4n) is 1.47. The van der Waals surface area contributed by atoms with Crippen LogP contribution in [0.25, 0.3) is 0 Å². The van der Waals surface area contributed by atoms with Gasteiger partial charge in [0.1, 0.15) is 11.6 Å². The molecule has 1 heterocycles. The lowest BCUT2D eigenvalue weighted by atomic mass is 10.3. The van der Waals surface area contributed by atoms with E-state index in [0.29, 0.717) is 5.69 Å². The van der Waals surface area contributed by atoms with Crippen LogP contribution in [0.15, 0.2) is 41.3 Å². The first kappa shape index (κ1) is 13.3. The van der Waals surface area contributed by atoms with Gasteiger partial charge in [-0.15, -0.1) is 0 Å². The molecule has 0 aliphatic carbocycles. The van der Waals surface area contributed by atoms with E-state index in [2.05, 4.69) is 9.71 Å². The van der Waals surface area contributed by atoms with Crippen molar-refractivity contribution in [3.05, 3.63) is 47.9 Å². The smallest absolute Gasteiger partial charge is 0.263 e. The fourth-order valence-corrected chi connectivity index (χ4v) is 2.48. The number of benzene rings is 1. The molecule has 0 aliphatic rings. The molecule has 0 spiro atoms. The normalized spacial score (nSPS) is 11.3. The van der Waals surface area contributed by atoms with E-state index in [1.807, 2.05) is 0 Å². The van der Waals surface area contributed by atoms with E-state index in [0.717, 1.165) is 6.07 Å². The highest BCUT2D eigenvalue weighted by atomic mass is 32.2. The third-order valence-corrected chi connectivity index (χ3v) is 3.76. The van der Waals surface area contributed by atoms with Crippen molar-refractivity contribution in [2.45, 2.75) is 11.8 Å². The van der Waals surface area contributed by atoms with Gasteiger partial charge in [0.2, 0.25) is 0 Å². The van der Waals surface area contributed by atoms with Crippen LogP contribution < -0.4 is 10.5 Å². The second-order valence-electron chi connectivity index (χ2n) is 3.95. The van der Waals surface area contributed by atoms with Crippen LogP contribution in [0.2, 0.25) is 0 Å². The second-order valence-corrected chi connectivity index (χ2v) is 5.64. The number of hydrogen-bond acceptors (Lipinski definition) is 4. The molecule has 19 heavy (non-hydrogen) atoms. The summed E-state index contributed by atoms with van der Waals surface area (Å²) >= 11 is 0. The van der Waals surface area contributed by atoms with Crippen molar-refractivity contribution in [2.24, 2.45) is 0 Å².